The highest BCUT2D eigenvalue weighted by atomic mass is 16.5. The van der Waals surface area contributed by atoms with Gasteiger partial charge in [0.1, 0.15) is 5.75 Å². The van der Waals surface area contributed by atoms with Crippen molar-refractivity contribution < 1.29 is 4.74 Å². The maximum Gasteiger partial charge on any atom is 0.162 e. The van der Waals surface area contributed by atoms with Crippen LogP contribution in [-0.4, -0.2) is 16.6 Å². The van der Waals surface area contributed by atoms with Crippen LogP contribution in [0.3, 0.4) is 0 Å². The largest absolute Gasteiger partial charge is 0.493 e. The fourth-order valence-corrected chi connectivity index (χ4v) is 4.94. The Hall–Kier alpha value is -1.90. The molecule has 0 atom stereocenters. The Morgan fingerprint density at radius 3 is 2.19 bits per heavy atom. The van der Waals surface area contributed by atoms with Gasteiger partial charge in [0, 0.05) is 12.4 Å². The van der Waals surface area contributed by atoms with Gasteiger partial charge >= 0.3 is 0 Å². The molecule has 1 aromatic heterocycles. The van der Waals surface area contributed by atoms with E-state index in [1.165, 1.54) is 82.6 Å². The summed E-state index contributed by atoms with van der Waals surface area (Å²) >= 11 is 0. The van der Waals surface area contributed by atoms with E-state index in [0.717, 1.165) is 48.4 Å². The Morgan fingerprint density at radius 2 is 1.47 bits per heavy atom. The molecule has 0 unspecified atom stereocenters. The van der Waals surface area contributed by atoms with E-state index in [0.29, 0.717) is 0 Å². The van der Waals surface area contributed by atoms with Gasteiger partial charge in [-0.3, -0.25) is 0 Å². The summed E-state index contributed by atoms with van der Waals surface area (Å²) in [5, 5.41) is 0. The Bertz CT molecular complexity index is 750. The van der Waals surface area contributed by atoms with E-state index in [2.05, 4.69) is 19.9 Å². The summed E-state index contributed by atoms with van der Waals surface area (Å²) in [6, 6.07) is 8.19. The number of hydrogen-bond donors (Lipinski definition) is 0. The molecule has 0 amide bonds. The van der Waals surface area contributed by atoms with Gasteiger partial charge in [-0.2, -0.15) is 0 Å². The topological polar surface area (TPSA) is 35.0 Å². The summed E-state index contributed by atoms with van der Waals surface area (Å²) in [6.45, 7) is 5.37. The van der Waals surface area contributed by atoms with Crippen molar-refractivity contribution in [3.8, 4) is 17.1 Å². The lowest BCUT2D eigenvalue weighted by Crippen LogP contribution is -2.14. The summed E-state index contributed by atoms with van der Waals surface area (Å²) in [6.07, 6.45) is 22.5. The van der Waals surface area contributed by atoms with Crippen LogP contribution in [0.5, 0.6) is 5.75 Å². The second-order valence-electron chi connectivity index (χ2n) is 9.71. The van der Waals surface area contributed by atoms with Crippen LogP contribution in [0.25, 0.3) is 11.4 Å². The van der Waals surface area contributed by atoms with Crippen LogP contribution < -0.4 is 4.74 Å². The molecule has 0 aliphatic heterocycles. The maximum atomic E-state index is 6.11. The van der Waals surface area contributed by atoms with Crippen LogP contribution in [-0.2, 0) is 6.42 Å². The highest BCUT2D eigenvalue weighted by molar-refractivity contribution is 5.63. The second-order valence-corrected chi connectivity index (χ2v) is 9.71. The molecule has 0 spiro atoms. The summed E-state index contributed by atoms with van der Waals surface area (Å²) in [5.74, 6) is 3.53. The van der Waals surface area contributed by atoms with E-state index in [1.54, 1.807) is 0 Å². The summed E-state index contributed by atoms with van der Waals surface area (Å²) < 4.78 is 6.11. The molecule has 1 saturated carbocycles. The number of ether oxygens (including phenoxy) is 1. The highest BCUT2D eigenvalue weighted by Crippen LogP contribution is 2.33. The van der Waals surface area contributed by atoms with Gasteiger partial charge in [-0.1, -0.05) is 96.6 Å². The van der Waals surface area contributed by atoms with Crippen molar-refractivity contribution in [2.75, 3.05) is 6.61 Å². The van der Waals surface area contributed by atoms with Crippen LogP contribution in [0.2, 0.25) is 0 Å². The van der Waals surface area contributed by atoms with Gasteiger partial charge in [-0.15, -0.1) is 0 Å². The molecule has 32 heavy (non-hydrogen) atoms. The molecule has 176 valence electrons. The molecule has 2 aromatic rings. The zero-order chi connectivity index (χ0) is 22.4. The lowest BCUT2D eigenvalue weighted by Gasteiger charge is -2.27. The summed E-state index contributed by atoms with van der Waals surface area (Å²) in [5.41, 5.74) is 2.26. The van der Waals surface area contributed by atoms with Crippen molar-refractivity contribution >= 4 is 0 Å². The Balaban J connectivity index is 1.44. The van der Waals surface area contributed by atoms with E-state index in [9.17, 15) is 0 Å². The first-order chi connectivity index (χ1) is 15.8. The van der Waals surface area contributed by atoms with Crippen molar-refractivity contribution in [2.45, 2.75) is 104 Å². The predicted molar refractivity (Wildman–Crippen MR) is 135 cm³/mol. The van der Waals surface area contributed by atoms with Crippen LogP contribution >= 0.6 is 0 Å². The molecule has 0 radical (unpaired) electrons. The van der Waals surface area contributed by atoms with Crippen molar-refractivity contribution in [3.63, 3.8) is 0 Å². The minimum absolute atomic E-state index is 0.767. The molecule has 0 bridgehead atoms. The van der Waals surface area contributed by atoms with E-state index in [4.69, 9.17) is 14.7 Å². The molecule has 1 fully saturated rings. The van der Waals surface area contributed by atoms with E-state index < -0.39 is 0 Å². The third-order valence-corrected chi connectivity index (χ3v) is 7.22. The van der Waals surface area contributed by atoms with E-state index in [-0.39, 0.29) is 0 Å². The van der Waals surface area contributed by atoms with Crippen LogP contribution in [0, 0.1) is 11.8 Å². The maximum absolute atomic E-state index is 6.11. The van der Waals surface area contributed by atoms with Crippen molar-refractivity contribution in [2.24, 2.45) is 11.8 Å². The average molecular weight is 437 g/mol. The van der Waals surface area contributed by atoms with Gasteiger partial charge in [0.25, 0.3) is 0 Å². The van der Waals surface area contributed by atoms with Crippen LogP contribution in [0.15, 0.2) is 36.7 Å². The molecule has 1 aromatic carbocycles. The number of para-hydroxylation sites is 1. The Morgan fingerprint density at radius 1 is 0.812 bits per heavy atom. The third-order valence-electron chi connectivity index (χ3n) is 7.22. The number of aryl methyl sites for hydroxylation is 1. The minimum Gasteiger partial charge on any atom is -0.493 e. The molecule has 0 N–H and O–H groups in total. The number of unbranched alkanes of at least 4 members (excludes halogenated alkanes) is 6. The predicted octanol–water partition coefficient (Wildman–Crippen LogP) is 8.42. The fraction of sp³-hybridized carbons (Fsp3) is 0.655. The van der Waals surface area contributed by atoms with Gasteiger partial charge in [0.15, 0.2) is 5.82 Å². The summed E-state index contributed by atoms with van der Waals surface area (Å²) in [4.78, 5) is 9.39. The lowest BCUT2D eigenvalue weighted by molar-refractivity contribution is 0.258. The SMILES string of the molecule is CCCCCCCCCOc1ccccc1-c1ncc(CC[C@H]2CC[C@H](CC)CC2)cn1. The van der Waals surface area contributed by atoms with E-state index in [1.807, 2.05) is 30.6 Å². The quantitative estimate of drug-likeness (QED) is 0.279. The molecule has 1 aliphatic carbocycles. The molecule has 3 rings (SSSR count). The molecular formula is C29H44N2O. The zero-order valence-electron chi connectivity index (χ0n) is 20.5. The monoisotopic (exact) mass is 436 g/mol. The number of benzene rings is 1. The second kappa shape index (κ2) is 14.3. The van der Waals surface area contributed by atoms with Gasteiger partial charge in [0.2, 0.25) is 0 Å². The normalized spacial score (nSPS) is 18.6. The third kappa shape index (κ3) is 8.22. The van der Waals surface area contributed by atoms with Crippen molar-refractivity contribution in [1.29, 1.82) is 0 Å². The van der Waals surface area contributed by atoms with Crippen molar-refractivity contribution in [1.82, 2.24) is 9.97 Å². The van der Waals surface area contributed by atoms with Gasteiger partial charge in [0.05, 0.1) is 12.2 Å². The standard InChI is InChI=1S/C29H44N2O/c1-3-5-6-7-8-9-12-21-32-28-14-11-10-13-27(28)29-30-22-26(23-31-29)20-19-25-17-15-24(4-2)16-18-25/h10-11,13-14,22-25H,3-9,12,15-21H2,1-2H3/t24-,25-. The van der Waals surface area contributed by atoms with Crippen LogP contribution in [0.1, 0.15) is 103 Å². The molecule has 0 saturated heterocycles. The highest BCUT2D eigenvalue weighted by Gasteiger charge is 2.19. The first-order valence-electron chi connectivity index (χ1n) is 13.3. The first-order valence-corrected chi connectivity index (χ1v) is 13.3. The van der Waals surface area contributed by atoms with Gasteiger partial charge < -0.3 is 4.74 Å². The fourth-order valence-electron chi connectivity index (χ4n) is 4.94. The van der Waals surface area contributed by atoms with Gasteiger partial charge in [-0.05, 0) is 48.8 Å². The minimum atomic E-state index is 0.767. The lowest BCUT2D eigenvalue weighted by atomic mass is 9.79. The first kappa shape index (κ1) is 24.7. The van der Waals surface area contributed by atoms with E-state index >= 15 is 0 Å². The Labute approximate surface area is 196 Å². The molecule has 1 aliphatic rings. The molecular weight excluding hydrogens is 392 g/mol. The molecule has 1 heterocycles. The number of hydrogen-bond acceptors (Lipinski definition) is 3. The molecule has 3 heteroatoms. The van der Waals surface area contributed by atoms with Gasteiger partial charge in [-0.25, -0.2) is 9.97 Å². The Kier molecular flexibility index (Phi) is 11.0. The van der Waals surface area contributed by atoms with Crippen LogP contribution in [0.4, 0.5) is 0 Å². The molecule has 3 nitrogen and oxygen atoms in total. The average Bonchev–Trinajstić information content (AvgIpc) is 2.85. The number of nitrogens with zero attached hydrogens (tertiary/aromatic N) is 2. The summed E-state index contributed by atoms with van der Waals surface area (Å²) in [7, 11) is 0. The zero-order valence-corrected chi connectivity index (χ0v) is 20.5. The smallest absolute Gasteiger partial charge is 0.162 e. The number of rotatable bonds is 14. The van der Waals surface area contributed by atoms with Crippen molar-refractivity contribution in [3.05, 3.63) is 42.2 Å². The number of aromatic nitrogens is 2.